The SMILES string of the molecule is COc1c([N+](=O)[O-])ccc(Br)c1N. The Labute approximate surface area is 82.8 Å². The number of methoxy groups -OCH3 is 1. The van der Waals surface area contributed by atoms with Gasteiger partial charge in [0, 0.05) is 10.5 Å². The Balaban J connectivity index is 3.38. The van der Waals surface area contributed by atoms with Gasteiger partial charge in [-0.25, -0.2) is 0 Å². The molecule has 0 aliphatic heterocycles. The molecule has 1 aromatic carbocycles. The van der Waals surface area contributed by atoms with Gasteiger partial charge in [-0.15, -0.1) is 0 Å². The third-order valence-corrected chi connectivity index (χ3v) is 2.21. The Morgan fingerprint density at radius 3 is 2.69 bits per heavy atom. The maximum absolute atomic E-state index is 10.5. The van der Waals surface area contributed by atoms with Gasteiger partial charge in [-0.1, -0.05) is 0 Å². The van der Waals surface area contributed by atoms with E-state index >= 15 is 0 Å². The van der Waals surface area contributed by atoms with Gasteiger partial charge in [0.05, 0.1) is 17.7 Å². The highest BCUT2D eigenvalue weighted by molar-refractivity contribution is 9.10. The summed E-state index contributed by atoms with van der Waals surface area (Å²) in [7, 11) is 1.34. The van der Waals surface area contributed by atoms with Crippen molar-refractivity contribution < 1.29 is 9.66 Å². The van der Waals surface area contributed by atoms with Crippen LogP contribution in [0.3, 0.4) is 0 Å². The van der Waals surface area contributed by atoms with Crippen LogP contribution in [-0.2, 0) is 0 Å². The second-order valence-corrected chi connectivity index (χ2v) is 3.12. The number of nitrogens with two attached hydrogens (primary N) is 1. The quantitative estimate of drug-likeness (QED) is 0.492. The molecule has 0 heterocycles. The molecule has 0 fully saturated rings. The summed E-state index contributed by atoms with van der Waals surface area (Å²) < 4.78 is 5.40. The maximum Gasteiger partial charge on any atom is 0.313 e. The van der Waals surface area contributed by atoms with Crippen molar-refractivity contribution in [3.8, 4) is 5.75 Å². The zero-order valence-electron chi connectivity index (χ0n) is 6.78. The number of nitro benzene ring substituents is 1. The lowest BCUT2D eigenvalue weighted by molar-refractivity contribution is -0.385. The van der Waals surface area contributed by atoms with E-state index in [9.17, 15) is 10.1 Å². The van der Waals surface area contributed by atoms with Crippen LogP contribution in [-0.4, -0.2) is 12.0 Å². The van der Waals surface area contributed by atoms with Gasteiger partial charge in [0.15, 0.2) is 0 Å². The summed E-state index contributed by atoms with van der Waals surface area (Å²) >= 11 is 3.14. The zero-order valence-corrected chi connectivity index (χ0v) is 8.37. The first kappa shape index (κ1) is 9.79. The minimum atomic E-state index is -0.540. The van der Waals surface area contributed by atoms with E-state index in [1.165, 1.54) is 19.2 Å². The van der Waals surface area contributed by atoms with Crippen molar-refractivity contribution >= 4 is 27.3 Å². The Kier molecular flexibility index (Phi) is 2.72. The number of nitrogen functional groups attached to an aromatic ring is 1. The van der Waals surface area contributed by atoms with E-state index < -0.39 is 4.92 Å². The smallest absolute Gasteiger partial charge is 0.313 e. The lowest BCUT2D eigenvalue weighted by atomic mass is 10.2. The number of halogens is 1. The average molecular weight is 247 g/mol. The fraction of sp³-hybridized carbons (Fsp3) is 0.143. The van der Waals surface area contributed by atoms with E-state index in [-0.39, 0.29) is 17.1 Å². The summed E-state index contributed by atoms with van der Waals surface area (Å²) in [4.78, 5) is 9.96. The molecule has 1 rings (SSSR count). The van der Waals surface area contributed by atoms with Crippen molar-refractivity contribution in [1.29, 1.82) is 0 Å². The molecule has 70 valence electrons. The molecule has 0 atom stereocenters. The van der Waals surface area contributed by atoms with Gasteiger partial charge in [0.1, 0.15) is 0 Å². The van der Waals surface area contributed by atoms with Crippen molar-refractivity contribution in [2.75, 3.05) is 12.8 Å². The van der Waals surface area contributed by atoms with Crippen molar-refractivity contribution in [2.24, 2.45) is 0 Å². The molecule has 1 aromatic rings. The summed E-state index contributed by atoms with van der Waals surface area (Å²) in [6, 6.07) is 2.84. The predicted molar refractivity (Wildman–Crippen MR) is 51.8 cm³/mol. The molecule has 0 unspecified atom stereocenters. The van der Waals surface area contributed by atoms with Crippen LogP contribution in [0.2, 0.25) is 0 Å². The van der Waals surface area contributed by atoms with Gasteiger partial charge in [0.2, 0.25) is 5.75 Å². The van der Waals surface area contributed by atoms with Crippen molar-refractivity contribution in [2.45, 2.75) is 0 Å². The van der Waals surface area contributed by atoms with Gasteiger partial charge < -0.3 is 10.5 Å². The lowest BCUT2D eigenvalue weighted by Crippen LogP contribution is -1.98. The first-order valence-electron chi connectivity index (χ1n) is 3.34. The van der Waals surface area contributed by atoms with Crippen molar-refractivity contribution in [3.63, 3.8) is 0 Å². The largest absolute Gasteiger partial charge is 0.489 e. The van der Waals surface area contributed by atoms with E-state index in [0.717, 1.165) is 0 Å². The Morgan fingerprint density at radius 1 is 1.62 bits per heavy atom. The lowest BCUT2D eigenvalue weighted by Gasteiger charge is -2.05. The summed E-state index contributed by atoms with van der Waals surface area (Å²) in [6.07, 6.45) is 0. The molecule has 0 aliphatic carbocycles. The standard InChI is InChI=1S/C7H7BrN2O3/c1-13-7-5(10(11)12)3-2-4(8)6(7)9/h2-3H,9H2,1H3. The number of rotatable bonds is 2. The van der Waals surface area contributed by atoms with Crippen LogP contribution in [0.25, 0.3) is 0 Å². The highest BCUT2D eigenvalue weighted by Crippen LogP contribution is 2.37. The molecule has 0 saturated carbocycles. The fourth-order valence-electron chi connectivity index (χ4n) is 0.922. The number of hydrogen-bond donors (Lipinski definition) is 1. The van der Waals surface area contributed by atoms with Gasteiger partial charge in [-0.2, -0.15) is 0 Å². The third-order valence-electron chi connectivity index (χ3n) is 1.52. The molecule has 0 radical (unpaired) electrons. The minimum Gasteiger partial charge on any atom is -0.489 e. The second-order valence-electron chi connectivity index (χ2n) is 2.27. The normalized spacial score (nSPS) is 9.69. The monoisotopic (exact) mass is 246 g/mol. The molecule has 0 amide bonds. The number of nitro groups is 1. The van der Waals surface area contributed by atoms with Crippen LogP contribution in [0.5, 0.6) is 5.75 Å². The molecule has 2 N–H and O–H groups in total. The summed E-state index contributed by atoms with van der Waals surface area (Å²) in [6.45, 7) is 0. The Morgan fingerprint density at radius 2 is 2.23 bits per heavy atom. The van der Waals surface area contributed by atoms with E-state index in [2.05, 4.69) is 15.9 Å². The highest BCUT2D eigenvalue weighted by Gasteiger charge is 2.18. The molecule has 0 aromatic heterocycles. The van der Waals surface area contributed by atoms with Crippen LogP contribution in [0.1, 0.15) is 0 Å². The topological polar surface area (TPSA) is 78.4 Å². The first-order valence-corrected chi connectivity index (χ1v) is 4.13. The van der Waals surface area contributed by atoms with E-state index in [1.807, 2.05) is 0 Å². The molecule has 0 saturated heterocycles. The maximum atomic E-state index is 10.5. The highest BCUT2D eigenvalue weighted by atomic mass is 79.9. The minimum absolute atomic E-state index is 0.0828. The Hall–Kier alpha value is -1.30. The van der Waals surface area contributed by atoms with Crippen LogP contribution >= 0.6 is 15.9 Å². The predicted octanol–water partition coefficient (Wildman–Crippen LogP) is 1.95. The summed E-state index contributed by atoms with van der Waals surface area (Å²) in [5.74, 6) is 0.0828. The van der Waals surface area contributed by atoms with E-state index in [4.69, 9.17) is 10.5 Å². The van der Waals surface area contributed by atoms with E-state index in [1.54, 1.807) is 0 Å². The molecule has 0 bridgehead atoms. The molecular formula is C7H7BrN2O3. The third kappa shape index (κ3) is 1.72. The molecule has 5 nitrogen and oxygen atoms in total. The molecule has 6 heteroatoms. The van der Waals surface area contributed by atoms with Crippen molar-refractivity contribution in [3.05, 3.63) is 26.7 Å². The number of benzene rings is 1. The van der Waals surface area contributed by atoms with Crippen LogP contribution in [0.15, 0.2) is 16.6 Å². The average Bonchev–Trinajstić information content (AvgIpc) is 2.09. The Bertz CT molecular complexity index is 354. The van der Waals surface area contributed by atoms with Crippen LogP contribution in [0.4, 0.5) is 11.4 Å². The molecule has 13 heavy (non-hydrogen) atoms. The number of ether oxygens (including phenoxy) is 1. The fourth-order valence-corrected chi connectivity index (χ4v) is 1.23. The summed E-state index contributed by atoms with van der Waals surface area (Å²) in [5, 5.41) is 10.5. The molecular weight excluding hydrogens is 240 g/mol. The van der Waals surface area contributed by atoms with Gasteiger partial charge in [0.25, 0.3) is 0 Å². The number of anilines is 1. The first-order chi connectivity index (χ1) is 6.07. The molecule has 0 aliphatic rings. The summed E-state index contributed by atoms with van der Waals surface area (Å²) in [5.41, 5.74) is 5.65. The van der Waals surface area contributed by atoms with Gasteiger partial charge in [-0.3, -0.25) is 10.1 Å². The van der Waals surface area contributed by atoms with Gasteiger partial charge in [-0.05, 0) is 22.0 Å². The molecule has 0 spiro atoms. The zero-order chi connectivity index (χ0) is 10.0. The van der Waals surface area contributed by atoms with E-state index in [0.29, 0.717) is 4.47 Å². The van der Waals surface area contributed by atoms with Gasteiger partial charge >= 0.3 is 5.69 Å². The van der Waals surface area contributed by atoms with Crippen LogP contribution in [0, 0.1) is 10.1 Å². The number of nitrogens with zero attached hydrogens (tertiary/aromatic N) is 1. The second kappa shape index (κ2) is 3.61. The number of hydrogen-bond acceptors (Lipinski definition) is 4. The van der Waals surface area contributed by atoms with Crippen LogP contribution < -0.4 is 10.5 Å². The van der Waals surface area contributed by atoms with Crippen molar-refractivity contribution in [1.82, 2.24) is 0 Å².